The molecule has 0 saturated carbocycles. The number of anilines is 1. The molecule has 0 atom stereocenters. The second-order valence-corrected chi connectivity index (χ2v) is 6.36. The van der Waals surface area contributed by atoms with Crippen molar-refractivity contribution in [1.29, 1.82) is 0 Å². The van der Waals surface area contributed by atoms with E-state index in [1.54, 1.807) is 12.1 Å². The van der Waals surface area contributed by atoms with Gasteiger partial charge in [-0.2, -0.15) is 5.10 Å². The van der Waals surface area contributed by atoms with Crippen LogP contribution in [-0.2, 0) is 11.3 Å². The summed E-state index contributed by atoms with van der Waals surface area (Å²) >= 11 is 0. The van der Waals surface area contributed by atoms with Crippen LogP contribution in [0.15, 0.2) is 54.9 Å². The van der Waals surface area contributed by atoms with E-state index in [0.717, 1.165) is 11.8 Å². The van der Waals surface area contributed by atoms with Gasteiger partial charge in [-0.05, 0) is 18.6 Å². The molecule has 1 aromatic heterocycles. The van der Waals surface area contributed by atoms with Crippen molar-refractivity contribution in [2.75, 3.05) is 5.32 Å². The minimum Gasteiger partial charge on any atom is -0.457 e. The van der Waals surface area contributed by atoms with Crippen LogP contribution in [-0.4, -0.2) is 25.5 Å². The molecule has 11 nitrogen and oxygen atoms in total. The lowest BCUT2D eigenvalue weighted by Gasteiger charge is -2.11. The van der Waals surface area contributed by atoms with E-state index in [0.29, 0.717) is 5.75 Å². The number of hydrogen-bond donors (Lipinski definition) is 1. The fourth-order valence-corrected chi connectivity index (χ4v) is 2.63. The molecule has 2 aromatic carbocycles. The first-order chi connectivity index (χ1) is 14.3. The largest absolute Gasteiger partial charge is 0.457 e. The molecule has 0 aliphatic heterocycles. The van der Waals surface area contributed by atoms with Crippen LogP contribution in [0.3, 0.4) is 0 Å². The number of nitro benzene ring substituents is 1. The molecule has 0 radical (unpaired) electrons. The Morgan fingerprint density at radius 1 is 1.13 bits per heavy atom. The number of non-ortho nitro benzene ring substituents is 1. The van der Waals surface area contributed by atoms with Crippen LogP contribution in [0.5, 0.6) is 11.5 Å². The summed E-state index contributed by atoms with van der Waals surface area (Å²) in [6, 6.07) is 11.2. The first-order valence-corrected chi connectivity index (χ1v) is 8.81. The molecule has 30 heavy (non-hydrogen) atoms. The highest BCUT2D eigenvalue weighted by Gasteiger charge is 2.14. The van der Waals surface area contributed by atoms with Crippen LogP contribution in [0.2, 0.25) is 0 Å². The second-order valence-electron chi connectivity index (χ2n) is 6.36. The number of para-hydroxylation sites is 1. The van der Waals surface area contributed by atoms with E-state index in [4.69, 9.17) is 4.74 Å². The third-order valence-electron chi connectivity index (χ3n) is 4.11. The summed E-state index contributed by atoms with van der Waals surface area (Å²) in [7, 11) is 0. The maximum atomic E-state index is 12.2. The van der Waals surface area contributed by atoms with Crippen molar-refractivity contribution < 1.29 is 19.4 Å². The number of carbonyl (C=O) groups is 1. The first-order valence-electron chi connectivity index (χ1n) is 8.81. The number of aromatic nitrogens is 2. The molecule has 1 amide bonds. The molecule has 0 bridgehead atoms. The van der Waals surface area contributed by atoms with Gasteiger partial charge in [0, 0.05) is 25.1 Å². The van der Waals surface area contributed by atoms with Gasteiger partial charge in [0.2, 0.25) is 5.91 Å². The molecule has 1 N–H and O–H groups in total. The number of hydrogen-bond acceptors (Lipinski definition) is 7. The maximum absolute atomic E-state index is 12.2. The third kappa shape index (κ3) is 5.16. The van der Waals surface area contributed by atoms with Crippen molar-refractivity contribution in [2.24, 2.45) is 0 Å². The molecule has 0 fully saturated rings. The smallest absolute Gasteiger partial charge is 0.306 e. The Kier molecular flexibility index (Phi) is 6.01. The fourth-order valence-electron chi connectivity index (χ4n) is 2.63. The molecule has 3 aromatic rings. The lowest BCUT2D eigenvalue weighted by molar-refractivity contribution is -0.385. The number of benzene rings is 2. The predicted octanol–water partition coefficient (Wildman–Crippen LogP) is 3.83. The van der Waals surface area contributed by atoms with Gasteiger partial charge in [-0.15, -0.1) is 0 Å². The van der Waals surface area contributed by atoms with Crippen LogP contribution in [0.4, 0.5) is 17.1 Å². The minimum absolute atomic E-state index is 0.0322. The van der Waals surface area contributed by atoms with Crippen molar-refractivity contribution in [3.8, 4) is 11.5 Å². The lowest BCUT2D eigenvalue weighted by atomic mass is 10.2. The van der Waals surface area contributed by atoms with Gasteiger partial charge in [-0.3, -0.25) is 29.7 Å². The second kappa shape index (κ2) is 8.82. The topological polar surface area (TPSA) is 142 Å². The molecule has 0 aliphatic rings. The van der Waals surface area contributed by atoms with Crippen molar-refractivity contribution >= 4 is 23.0 Å². The van der Waals surface area contributed by atoms with E-state index in [1.165, 1.54) is 29.1 Å². The number of aryl methyl sites for hydroxylation is 2. The van der Waals surface area contributed by atoms with Gasteiger partial charge in [-0.1, -0.05) is 18.2 Å². The molecule has 0 saturated heterocycles. The van der Waals surface area contributed by atoms with Crippen molar-refractivity contribution in [3.63, 3.8) is 0 Å². The highest BCUT2D eigenvalue weighted by molar-refractivity contribution is 5.91. The average Bonchev–Trinajstić information content (AvgIpc) is 3.17. The minimum atomic E-state index is -0.581. The van der Waals surface area contributed by atoms with Gasteiger partial charge < -0.3 is 10.1 Å². The first kappa shape index (κ1) is 20.5. The average molecular weight is 411 g/mol. The Morgan fingerprint density at radius 2 is 1.87 bits per heavy atom. The number of nitrogens with one attached hydrogen (secondary N) is 1. The zero-order valence-electron chi connectivity index (χ0n) is 15.8. The van der Waals surface area contributed by atoms with E-state index in [1.807, 2.05) is 19.1 Å². The molecular weight excluding hydrogens is 394 g/mol. The Bertz CT molecular complexity index is 1110. The molecule has 0 unspecified atom stereocenters. The Hall–Kier alpha value is -4.28. The third-order valence-corrected chi connectivity index (χ3v) is 4.11. The maximum Gasteiger partial charge on any atom is 0.306 e. The van der Waals surface area contributed by atoms with Crippen LogP contribution in [0.1, 0.15) is 12.0 Å². The van der Waals surface area contributed by atoms with E-state index in [9.17, 15) is 25.0 Å². The number of nitrogens with zero attached hydrogens (tertiary/aromatic N) is 4. The predicted molar refractivity (Wildman–Crippen MR) is 106 cm³/mol. The van der Waals surface area contributed by atoms with E-state index in [-0.39, 0.29) is 35.8 Å². The van der Waals surface area contributed by atoms with Crippen molar-refractivity contribution in [1.82, 2.24) is 9.78 Å². The summed E-state index contributed by atoms with van der Waals surface area (Å²) in [5.74, 6) is 0.308. The number of ether oxygens (including phenoxy) is 1. The Labute approximate surface area is 170 Å². The van der Waals surface area contributed by atoms with Crippen LogP contribution in [0.25, 0.3) is 0 Å². The standard InChI is InChI=1S/C19H17N5O6/c1-13-4-2-3-5-18(13)30-17-9-14(8-15(10-17)23(26)27)21-19(25)6-7-22-12-16(11-20-22)24(28)29/h2-5,8-12H,6-7H2,1H3,(H,21,25). The van der Waals surface area contributed by atoms with Gasteiger partial charge in [-0.25, -0.2) is 0 Å². The zero-order valence-corrected chi connectivity index (χ0v) is 15.8. The van der Waals surface area contributed by atoms with Crippen LogP contribution >= 0.6 is 0 Å². The van der Waals surface area contributed by atoms with E-state index < -0.39 is 15.8 Å². The number of carbonyl (C=O) groups excluding carboxylic acids is 1. The molecule has 1 heterocycles. The van der Waals surface area contributed by atoms with E-state index >= 15 is 0 Å². The van der Waals surface area contributed by atoms with Gasteiger partial charge in [0.05, 0.1) is 21.6 Å². The van der Waals surface area contributed by atoms with Crippen molar-refractivity contribution in [3.05, 3.63) is 80.7 Å². The Morgan fingerprint density at radius 3 is 2.53 bits per heavy atom. The zero-order chi connectivity index (χ0) is 21.7. The summed E-state index contributed by atoms with van der Waals surface area (Å²) in [4.78, 5) is 33.0. The molecule has 154 valence electrons. The lowest BCUT2D eigenvalue weighted by Crippen LogP contribution is -2.15. The summed E-state index contributed by atoms with van der Waals surface area (Å²) in [5, 5.41) is 28.3. The molecular formula is C19H17N5O6. The molecule has 0 aliphatic carbocycles. The summed E-state index contributed by atoms with van der Waals surface area (Å²) in [6.07, 6.45) is 2.28. The molecule has 11 heteroatoms. The summed E-state index contributed by atoms with van der Waals surface area (Å²) < 4.78 is 7.02. The van der Waals surface area contributed by atoms with Gasteiger partial charge in [0.1, 0.15) is 23.9 Å². The van der Waals surface area contributed by atoms with Gasteiger partial charge in [0.15, 0.2) is 0 Å². The van der Waals surface area contributed by atoms with Crippen molar-refractivity contribution in [2.45, 2.75) is 19.9 Å². The fraction of sp³-hybridized carbons (Fsp3) is 0.158. The van der Waals surface area contributed by atoms with E-state index in [2.05, 4.69) is 10.4 Å². The number of nitro groups is 2. The SMILES string of the molecule is Cc1ccccc1Oc1cc(NC(=O)CCn2cc([N+](=O)[O-])cn2)cc([N+](=O)[O-])c1. The highest BCUT2D eigenvalue weighted by Crippen LogP contribution is 2.31. The normalized spacial score (nSPS) is 10.4. The number of amides is 1. The van der Waals surface area contributed by atoms with Crippen LogP contribution < -0.4 is 10.1 Å². The highest BCUT2D eigenvalue weighted by atomic mass is 16.6. The molecule has 0 spiro atoms. The van der Waals surface area contributed by atoms with Crippen LogP contribution in [0, 0.1) is 27.2 Å². The van der Waals surface area contributed by atoms with Gasteiger partial charge >= 0.3 is 5.69 Å². The monoisotopic (exact) mass is 411 g/mol. The Balaban J connectivity index is 1.71. The summed E-state index contributed by atoms with van der Waals surface area (Å²) in [6.45, 7) is 1.95. The van der Waals surface area contributed by atoms with Gasteiger partial charge in [0.25, 0.3) is 5.69 Å². The number of rotatable bonds is 8. The molecule has 3 rings (SSSR count). The summed E-state index contributed by atoms with van der Waals surface area (Å²) in [5.41, 5.74) is 0.637. The quantitative estimate of drug-likeness (QED) is 0.438.